The lowest BCUT2D eigenvalue weighted by molar-refractivity contribution is -0.0257. The summed E-state index contributed by atoms with van der Waals surface area (Å²) in [6.07, 6.45) is 23.7. The van der Waals surface area contributed by atoms with Crippen molar-refractivity contribution in [2.45, 2.75) is 102 Å². The summed E-state index contributed by atoms with van der Waals surface area (Å²) in [7, 11) is 0. The van der Waals surface area contributed by atoms with Gasteiger partial charge < -0.3 is 4.90 Å². The highest BCUT2D eigenvalue weighted by atomic mass is 15.2. The SMILES string of the molecule is C1CCC2C(C1)CCCC21CC2CCC3CC4CCCCN4CC3C2C1. The van der Waals surface area contributed by atoms with E-state index in [9.17, 15) is 0 Å². The van der Waals surface area contributed by atoms with Crippen LogP contribution in [-0.2, 0) is 0 Å². The Balaban J connectivity index is 1.24. The standard InChI is InChI=1S/C25H41N/c1-2-9-24-18(6-1)7-5-12-25(24)15-20-11-10-19-14-21-8-3-4-13-26(21)17-23(19)22(20)16-25/h18-24H,1-17H2. The molecule has 0 bridgehead atoms. The van der Waals surface area contributed by atoms with E-state index in [0.717, 1.165) is 47.0 Å². The number of fused-ring (bicyclic) bond motifs is 6. The van der Waals surface area contributed by atoms with Crippen LogP contribution in [0.2, 0.25) is 0 Å². The summed E-state index contributed by atoms with van der Waals surface area (Å²) < 4.78 is 0. The van der Waals surface area contributed by atoms with Crippen LogP contribution in [0.4, 0.5) is 0 Å². The summed E-state index contributed by atoms with van der Waals surface area (Å²) >= 11 is 0. The van der Waals surface area contributed by atoms with Crippen molar-refractivity contribution < 1.29 is 0 Å². The quantitative estimate of drug-likeness (QED) is 0.495. The summed E-state index contributed by atoms with van der Waals surface area (Å²) in [5.74, 6) is 6.71. The molecule has 6 fully saturated rings. The van der Waals surface area contributed by atoms with Crippen molar-refractivity contribution in [3.8, 4) is 0 Å². The molecule has 6 rings (SSSR count). The fourth-order valence-electron chi connectivity index (χ4n) is 9.73. The number of hydrogen-bond acceptors (Lipinski definition) is 1. The van der Waals surface area contributed by atoms with E-state index in [1.54, 1.807) is 77.0 Å². The third-order valence-corrected chi connectivity index (χ3v) is 10.7. The first kappa shape index (κ1) is 16.9. The highest BCUT2D eigenvalue weighted by Gasteiger charge is 2.57. The van der Waals surface area contributed by atoms with E-state index in [1.165, 1.54) is 32.4 Å². The number of nitrogens with zero attached hydrogens (tertiary/aromatic N) is 1. The van der Waals surface area contributed by atoms with Gasteiger partial charge in [0.1, 0.15) is 0 Å². The van der Waals surface area contributed by atoms with Gasteiger partial charge in [-0.1, -0.05) is 38.5 Å². The van der Waals surface area contributed by atoms with Gasteiger partial charge in [0.2, 0.25) is 0 Å². The van der Waals surface area contributed by atoms with Crippen LogP contribution in [-0.4, -0.2) is 24.0 Å². The number of hydrogen-bond donors (Lipinski definition) is 0. The topological polar surface area (TPSA) is 3.24 Å². The lowest BCUT2D eigenvalue weighted by Crippen LogP contribution is -2.53. The zero-order valence-corrected chi connectivity index (χ0v) is 17.0. The van der Waals surface area contributed by atoms with Crippen LogP contribution in [0, 0.1) is 40.9 Å². The van der Waals surface area contributed by atoms with Crippen molar-refractivity contribution in [1.82, 2.24) is 4.90 Å². The van der Waals surface area contributed by atoms with Gasteiger partial charge in [0, 0.05) is 12.6 Å². The molecule has 0 aromatic carbocycles. The molecule has 146 valence electrons. The molecule has 0 aromatic heterocycles. The molecule has 2 heterocycles. The number of piperidine rings is 2. The van der Waals surface area contributed by atoms with E-state index in [-0.39, 0.29) is 0 Å². The lowest BCUT2D eigenvalue weighted by atomic mass is 9.56. The Morgan fingerprint density at radius 2 is 1.50 bits per heavy atom. The summed E-state index contributed by atoms with van der Waals surface area (Å²) in [6.45, 7) is 2.93. The summed E-state index contributed by atoms with van der Waals surface area (Å²) in [5.41, 5.74) is 0.812. The Bertz CT molecular complexity index is 526. The zero-order valence-electron chi connectivity index (χ0n) is 17.0. The van der Waals surface area contributed by atoms with Crippen LogP contribution < -0.4 is 0 Å². The third kappa shape index (κ3) is 2.58. The van der Waals surface area contributed by atoms with E-state index in [0.29, 0.717) is 0 Å². The maximum atomic E-state index is 2.96. The minimum atomic E-state index is 0.812. The highest BCUT2D eigenvalue weighted by molar-refractivity contribution is 5.07. The first-order valence-electron chi connectivity index (χ1n) is 12.6. The van der Waals surface area contributed by atoms with E-state index < -0.39 is 0 Å². The minimum Gasteiger partial charge on any atom is -0.300 e. The van der Waals surface area contributed by atoms with E-state index >= 15 is 0 Å². The Kier molecular flexibility index (Phi) is 4.22. The van der Waals surface area contributed by atoms with Gasteiger partial charge in [-0.05, 0) is 105 Å². The molecule has 0 amide bonds. The molecule has 1 heteroatoms. The molecule has 2 saturated heterocycles. The molecule has 26 heavy (non-hydrogen) atoms. The first-order chi connectivity index (χ1) is 12.8. The van der Waals surface area contributed by atoms with Crippen molar-refractivity contribution in [1.29, 1.82) is 0 Å². The molecule has 1 nitrogen and oxygen atoms in total. The van der Waals surface area contributed by atoms with Gasteiger partial charge in [0.15, 0.2) is 0 Å². The lowest BCUT2D eigenvalue weighted by Gasteiger charge is -2.52. The molecular weight excluding hydrogens is 314 g/mol. The second-order valence-electron chi connectivity index (χ2n) is 11.6. The van der Waals surface area contributed by atoms with Crippen LogP contribution in [0.15, 0.2) is 0 Å². The average molecular weight is 356 g/mol. The van der Waals surface area contributed by atoms with Crippen molar-refractivity contribution in [2.75, 3.05) is 13.1 Å². The summed E-state index contributed by atoms with van der Waals surface area (Å²) in [5, 5.41) is 0. The van der Waals surface area contributed by atoms with Crippen LogP contribution >= 0.6 is 0 Å². The van der Waals surface area contributed by atoms with Gasteiger partial charge in [-0.15, -0.1) is 0 Å². The second-order valence-corrected chi connectivity index (χ2v) is 11.6. The minimum absolute atomic E-state index is 0.812. The predicted octanol–water partition coefficient (Wildman–Crippen LogP) is 6.27. The summed E-state index contributed by atoms with van der Waals surface area (Å²) in [4.78, 5) is 2.96. The molecule has 8 unspecified atom stereocenters. The molecule has 4 aliphatic carbocycles. The van der Waals surface area contributed by atoms with Gasteiger partial charge in [-0.25, -0.2) is 0 Å². The Labute approximate surface area is 161 Å². The maximum Gasteiger partial charge on any atom is 0.00981 e. The molecule has 0 aromatic rings. The molecular formula is C25H41N. The largest absolute Gasteiger partial charge is 0.300 e. The average Bonchev–Trinajstić information content (AvgIpc) is 3.06. The summed E-state index contributed by atoms with van der Waals surface area (Å²) in [6, 6.07) is 0.981. The molecule has 1 spiro atoms. The first-order valence-corrected chi connectivity index (χ1v) is 12.6. The van der Waals surface area contributed by atoms with Crippen molar-refractivity contribution in [2.24, 2.45) is 40.9 Å². The third-order valence-electron chi connectivity index (χ3n) is 10.7. The Morgan fingerprint density at radius 1 is 0.654 bits per heavy atom. The van der Waals surface area contributed by atoms with Crippen LogP contribution in [0.5, 0.6) is 0 Å². The maximum absolute atomic E-state index is 2.96. The smallest absolute Gasteiger partial charge is 0.00981 e. The van der Waals surface area contributed by atoms with E-state index in [2.05, 4.69) is 4.90 Å². The normalized spacial score (nSPS) is 54.2. The van der Waals surface area contributed by atoms with Crippen LogP contribution in [0.3, 0.4) is 0 Å². The Morgan fingerprint density at radius 3 is 2.50 bits per heavy atom. The van der Waals surface area contributed by atoms with Gasteiger partial charge in [0.05, 0.1) is 0 Å². The van der Waals surface area contributed by atoms with Crippen molar-refractivity contribution in [3.05, 3.63) is 0 Å². The molecule has 2 aliphatic heterocycles. The second kappa shape index (κ2) is 6.50. The Hall–Kier alpha value is -0.0400. The van der Waals surface area contributed by atoms with E-state index in [1.807, 2.05) is 0 Å². The predicted molar refractivity (Wildman–Crippen MR) is 108 cm³/mol. The fourth-order valence-corrected chi connectivity index (χ4v) is 9.73. The van der Waals surface area contributed by atoms with Gasteiger partial charge in [-0.2, -0.15) is 0 Å². The van der Waals surface area contributed by atoms with Gasteiger partial charge in [-0.3, -0.25) is 0 Å². The molecule has 6 aliphatic rings. The van der Waals surface area contributed by atoms with Crippen molar-refractivity contribution in [3.63, 3.8) is 0 Å². The monoisotopic (exact) mass is 355 g/mol. The van der Waals surface area contributed by atoms with E-state index in [4.69, 9.17) is 0 Å². The number of rotatable bonds is 0. The zero-order chi connectivity index (χ0) is 17.1. The molecule has 4 saturated carbocycles. The van der Waals surface area contributed by atoms with Crippen LogP contribution in [0.1, 0.15) is 96.3 Å². The fraction of sp³-hybridized carbons (Fsp3) is 1.00. The van der Waals surface area contributed by atoms with Crippen molar-refractivity contribution >= 4 is 0 Å². The molecule has 8 atom stereocenters. The van der Waals surface area contributed by atoms with Gasteiger partial charge in [0.25, 0.3) is 0 Å². The molecule has 0 radical (unpaired) electrons. The highest BCUT2D eigenvalue weighted by Crippen LogP contribution is 2.65. The molecule has 0 N–H and O–H groups in total. The van der Waals surface area contributed by atoms with Crippen LogP contribution in [0.25, 0.3) is 0 Å². The van der Waals surface area contributed by atoms with Gasteiger partial charge >= 0.3 is 0 Å².